The average Bonchev–Trinajstić information content (AvgIpc) is 2.38. The number of fused-ring (bicyclic) bond motifs is 2. The van der Waals surface area contributed by atoms with E-state index in [2.05, 4.69) is 5.32 Å². The zero-order valence-electron chi connectivity index (χ0n) is 11.2. The van der Waals surface area contributed by atoms with Gasteiger partial charge in [0.05, 0.1) is 0 Å². The van der Waals surface area contributed by atoms with Crippen molar-refractivity contribution >= 4 is 17.3 Å². The summed E-state index contributed by atoms with van der Waals surface area (Å²) >= 11 is 5.48. The number of hydrogen-bond donors (Lipinski definition) is 2. The molecule has 2 saturated carbocycles. The van der Waals surface area contributed by atoms with Crippen molar-refractivity contribution in [1.29, 1.82) is 0 Å². The minimum atomic E-state index is -0.697. The predicted octanol–water partition coefficient (Wildman–Crippen LogP) is 2.39. The van der Waals surface area contributed by atoms with Crippen LogP contribution in [0.1, 0.15) is 57.8 Å². The maximum absolute atomic E-state index is 11.1. The Balaban J connectivity index is 1.97. The van der Waals surface area contributed by atoms with Crippen LogP contribution in [0.5, 0.6) is 0 Å². The molecule has 0 radical (unpaired) electrons. The Bertz CT molecular complexity index is 354. The van der Waals surface area contributed by atoms with Gasteiger partial charge in [0.1, 0.15) is 5.72 Å². The van der Waals surface area contributed by atoms with E-state index in [0.29, 0.717) is 5.92 Å². The van der Waals surface area contributed by atoms with E-state index in [0.717, 1.165) is 24.4 Å². The predicted molar refractivity (Wildman–Crippen MR) is 76.2 cm³/mol. The van der Waals surface area contributed by atoms with Crippen LogP contribution in [0.25, 0.3) is 0 Å². The summed E-state index contributed by atoms with van der Waals surface area (Å²) in [5.41, 5.74) is -0.616. The quantitative estimate of drug-likeness (QED) is 0.661. The molecule has 2 aliphatic carbocycles. The van der Waals surface area contributed by atoms with Crippen molar-refractivity contribution in [2.24, 2.45) is 5.92 Å². The van der Waals surface area contributed by atoms with Gasteiger partial charge in [-0.2, -0.15) is 0 Å². The Kier molecular flexibility index (Phi) is 3.06. The fourth-order valence-electron chi connectivity index (χ4n) is 4.48. The van der Waals surface area contributed by atoms with Gasteiger partial charge < -0.3 is 15.3 Å². The second-order valence-corrected chi connectivity index (χ2v) is 6.77. The molecule has 0 amide bonds. The molecule has 0 aromatic heterocycles. The molecule has 4 heteroatoms. The molecule has 0 unspecified atom stereocenters. The molecule has 2 atom stereocenters. The minimum absolute atomic E-state index is 0.0804. The summed E-state index contributed by atoms with van der Waals surface area (Å²) in [7, 11) is 1.95. The van der Waals surface area contributed by atoms with Gasteiger partial charge in [0.2, 0.25) is 0 Å². The maximum Gasteiger partial charge on any atom is 0.171 e. The molecule has 1 spiro atoms. The molecular weight excluding hydrogens is 244 g/mol. The van der Waals surface area contributed by atoms with E-state index in [1.165, 1.54) is 38.5 Å². The lowest BCUT2D eigenvalue weighted by Crippen LogP contribution is -2.74. The molecule has 0 bridgehead atoms. The van der Waals surface area contributed by atoms with Crippen LogP contribution < -0.4 is 5.32 Å². The first kappa shape index (κ1) is 12.7. The third-order valence-corrected chi connectivity index (χ3v) is 5.88. The van der Waals surface area contributed by atoms with Crippen LogP contribution in [0.3, 0.4) is 0 Å². The third kappa shape index (κ3) is 1.68. The van der Waals surface area contributed by atoms with Gasteiger partial charge in [-0.05, 0) is 44.3 Å². The average molecular weight is 268 g/mol. The highest BCUT2D eigenvalue weighted by Crippen LogP contribution is 2.49. The topological polar surface area (TPSA) is 35.5 Å². The van der Waals surface area contributed by atoms with Gasteiger partial charge >= 0.3 is 0 Å². The molecule has 1 aliphatic heterocycles. The zero-order valence-corrected chi connectivity index (χ0v) is 12.1. The third-order valence-electron chi connectivity index (χ3n) is 5.50. The zero-order chi connectivity index (χ0) is 12.8. The van der Waals surface area contributed by atoms with Gasteiger partial charge in [-0.25, -0.2) is 0 Å². The molecule has 3 rings (SSSR count). The SMILES string of the molecule is CN1C(=S)NC2(CCCCC2)[C@@H]2CCCC[C@@]21O. The first-order valence-corrected chi connectivity index (χ1v) is 7.78. The fourth-order valence-corrected chi connectivity index (χ4v) is 4.84. The number of nitrogens with one attached hydrogen (secondary N) is 1. The number of rotatable bonds is 0. The van der Waals surface area contributed by atoms with E-state index in [-0.39, 0.29) is 5.54 Å². The normalized spacial score (nSPS) is 39.3. The van der Waals surface area contributed by atoms with E-state index in [9.17, 15) is 5.11 Å². The highest BCUT2D eigenvalue weighted by molar-refractivity contribution is 7.80. The molecule has 3 fully saturated rings. The monoisotopic (exact) mass is 268 g/mol. The van der Waals surface area contributed by atoms with Crippen LogP contribution in [0.2, 0.25) is 0 Å². The largest absolute Gasteiger partial charge is 0.370 e. The highest BCUT2D eigenvalue weighted by atomic mass is 32.1. The molecule has 0 aromatic carbocycles. The van der Waals surface area contributed by atoms with Crippen molar-refractivity contribution in [3.63, 3.8) is 0 Å². The summed E-state index contributed by atoms with van der Waals surface area (Å²) < 4.78 is 0. The first-order valence-electron chi connectivity index (χ1n) is 7.37. The van der Waals surface area contributed by atoms with Crippen LogP contribution in [0, 0.1) is 5.92 Å². The Morgan fingerprint density at radius 2 is 1.83 bits per heavy atom. The first-order chi connectivity index (χ1) is 8.58. The van der Waals surface area contributed by atoms with Crippen molar-refractivity contribution in [2.45, 2.75) is 69.1 Å². The van der Waals surface area contributed by atoms with Crippen molar-refractivity contribution in [3.05, 3.63) is 0 Å². The molecule has 0 aromatic rings. The van der Waals surface area contributed by atoms with Crippen LogP contribution in [-0.2, 0) is 0 Å². The summed E-state index contributed by atoms with van der Waals surface area (Å²) in [5.74, 6) is 0.343. The van der Waals surface area contributed by atoms with Crippen molar-refractivity contribution in [3.8, 4) is 0 Å². The van der Waals surface area contributed by atoms with Crippen molar-refractivity contribution in [2.75, 3.05) is 7.05 Å². The number of nitrogens with zero attached hydrogens (tertiary/aromatic N) is 1. The number of aliphatic hydroxyl groups is 1. The summed E-state index contributed by atoms with van der Waals surface area (Å²) in [6, 6.07) is 0. The standard InChI is InChI=1S/C14H24N2OS/c1-16-12(18)15-13(8-4-2-5-9-13)11-7-3-6-10-14(11,16)17/h11,17H,2-10H2,1H3,(H,15,18)/t11-,14+/m0/s1. The van der Waals surface area contributed by atoms with Gasteiger partial charge in [-0.3, -0.25) is 0 Å². The molecule has 1 heterocycles. The van der Waals surface area contributed by atoms with E-state index in [4.69, 9.17) is 12.2 Å². The summed E-state index contributed by atoms with van der Waals surface area (Å²) in [6.07, 6.45) is 10.6. The highest BCUT2D eigenvalue weighted by Gasteiger charge is 2.57. The Labute approximate surface area is 115 Å². The van der Waals surface area contributed by atoms with Crippen LogP contribution in [-0.4, -0.2) is 33.4 Å². The Morgan fingerprint density at radius 1 is 1.17 bits per heavy atom. The van der Waals surface area contributed by atoms with Crippen LogP contribution in [0.15, 0.2) is 0 Å². The maximum atomic E-state index is 11.1. The molecule has 3 aliphatic rings. The van der Waals surface area contributed by atoms with Gasteiger partial charge in [0.25, 0.3) is 0 Å². The summed E-state index contributed by atoms with van der Waals surface area (Å²) in [6.45, 7) is 0. The number of hydrogen-bond acceptors (Lipinski definition) is 2. The molecule has 102 valence electrons. The second-order valence-electron chi connectivity index (χ2n) is 6.38. The fraction of sp³-hybridized carbons (Fsp3) is 0.929. The molecule has 18 heavy (non-hydrogen) atoms. The Morgan fingerprint density at radius 3 is 2.56 bits per heavy atom. The van der Waals surface area contributed by atoms with Gasteiger partial charge in [0.15, 0.2) is 5.11 Å². The van der Waals surface area contributed by atoms with Crippen LogP contribution >= 0.6 is 12.2 Å². The molecular formula is C14H24N2OS. The van der Waals surface area contributed by atoms with Gasteiger partial charge in [0, 0.05) is 18.5 Å². The van der Waals surface area contributed by atoms with Crippen molar-refractivity contribution in [1.82, 2.24) is 10.2 Å². The van der Waals surface area contributed by atoms with Gasteiger partial charge in [-0.15, -0.1) is 0 Å². The van der Waals surface area contributed by atoms with E-state index in [1.54, 1.807) is 0 Å². The van der Waals surface area contributed by atoms with E-state index >= 15 is 0 Å². The van der Waals surface area contributed by atoms with E-state index < -0.39 is 5.72 Å². The second kappa shape index (κ2) is 4.34. The lowest BCUT2D eigenvalue weighted by molar-refractivity contribution is -0.173. The summed E-state index contributed by atoms with van der Waals surface area (Å²) in [5, 5.41) is 15.5. The van der Waals surface area contributed by atoms with Crippen molar-refractivity contribution < 1.29 is 5.11 Å². The lowest BCUT2D eigenvalue weighted by Gasteiger charge is -2.60. The van der Waals surface area contributed by atoms with Gasteiger partial charge in [-0.1, -0.05) is 25.7 Å². The lowest BCUT2D eigenvalue weighted by atomic mass is 9.62. The van der Waals surface area contributed by atoms with Crippen LogP contribution in [0.4, 0.5) is 0 Å². The minimum Gasteiger partial charge on any atom is -0.370 e. The van der Waals surface area contributed by atoms with E-state index in [1.807, 2.05) is 11.9 Å². The smallest absolute Gasteiger partial charge is 0.171 e. The molecule has 1 saturated heterocycles. The molecule has 3 nitrogen and oxygen atoms in total. The summed E-state index contributed by atoms with van der Waals surface area (Å²) in [4.78, 5) is 1.92. The Hall–Kier alpha value is -0.350. The number of thiocarbonyl (C=S) groups is 1. The molecule has 2 N–H and O–H groups in total.